The van der Waals surface area contributed by atoms with Crippen molar-refractivity contribution in [1.82, 2.24) is 9.78 Å². The zero-order valence-corrected chi connectivity index (χ0v) is 7.08. The SMILES string of the molecule is Cn1cc(C#CI)cn1. The monoisotopic (exact) mass is 232 g/mol. The zero-order valence-electron chi connectivity index (χ0n) is 4.93. The molecule has 0 saturated heterocycles. The fraction of sp³-hybridized carbons (Fsp3) is 0.167. The van der Waals surface area contributed by atoms with Gasteiger partial charge in [-0.2, -0.15) is 5.10 Å². The van der Waals surface area contributed by atoms with Gasteiger partial charge in [-0.1, -0.05) is 5.92 Å². The van der Waals surface area contributed by atoms with Crippen molar-refractivity contribution in [1.29, 1.82) is 0 Å². The molecule has 1 heterocycles. The van der Waals surface area contributed by atoms with Crippen molar-refractivity contribution in [2.75, 3.05) is 0 Å². The largest absolute Gasteiger partial charge is 0.275 e. The van der Waals surface area contributed by atoms with E-state index < -0.39 is 0 Å². The zero-order chi connectivity index (χ0) is 6.69. The standard InChI is InChI=1S/C6H5IN2/c1-9-5-6(2-3-7)4-8-9/h4-5H,1H3. The van der Waals surface area contributed by atoms with E-state index in [9.17, 15) is 0 Å². The van der Waals surface area contributed by atoms with Crippen LogP contribution in [0.15, 0.2) is 12.4 Å². The molecule has 46 valence electrons. The highest BCUT2D eigenvalue weighted by atomic mass is 127. The first-order valence-corrected chi connectivity index (χ1v) is 3.51. The fourth-order valence-electron chi connectivity index (χ4n) is 0.540. The van der Waals surface area contributed by atoms with Gasteiger partial charge in [-0.25, -0.2) is 0 Å². The van der Waals surface area contributed by atoms with Crippen LogP contribution in [0.5, 0.6) is 0 Å². The summed E-state index contributed by atoms with van der Waals surface area (Å²) in [4.78, 5) is 0. The van der Waals surface area contributed by atoms with Crippen LogP contribution < -0.4 is 0 Å². The highest BCUT2D eigenvalue weighted by molar-refractivity contribution is 14.1. The summed E-state index contributed by atoms with van der Waals surface area (Å²) in [5.74, 6) is 2.88. The van der Waals surface area contributed by atoms with E-state index in [2.05, 4.69) is 14.9 Å². The van der Waals surface area contributed by atoms with E-state index in [0.29, 0.717) is 0 Å². The first kappa shape index (κ1) is 6.62. The smallest absolute Gasteiger partial charge is 0.0646 e. The Hall–Kier alpha value is -0.500. The van der Waals surface area contributed by atoms with Gasteiger partial charge in [0.05, 0.1) is 11.8 Å². The molecule has 0 radical (unpaired) electrons. The van der Waals surface area contributed by atoms with Crippen molar-refractivity contribution in [2.24, 2.45) is 7.05 Å². The summed E-state index contributed by atoms with van der Waals surface area (Å²) in [6.45, 7) is 0. The molecular formula is C6H5IN2. The number of aromatic nitrogens is 2. The van der Waals surface area contributed by atoms with Gasteiger partial charge in [0.2, 0.25) is 0 Å². The maximum Gasteiger partial charge on any atom is 0.0646 e. The summed E-state index contributed by atoms with van der Waals surface area (Å²) in [6.07, 6.45) is 3.62. The molecule has 0 unspecified atom stereocenters. The molecule has 0 amide bonds. The molecule has 1 rings (SSSR count). The van der Waals surface area contributed by atoms with Gasteiger partial charge in [0.15, 0.2) is 0 Å². The van der Waals surface area contributed by atoms with Crippen LogP contribution in [0.25, 0.3) is 0 Å². The second-order valence-corrected chi connectivity index (χ2v) is 2.16. The minimum absolute atomic E-state index is 0.965. The lowest BCUT2D eigenvalue weighted by Gasteiger charge is -1.78. The molecule has 0 saturated carbocycles. The van der Waals surface area contributed by atoms with Crippen molar-refractivity contribution >= 4 is 22.6 Å². The van der Waals surface area contributed by atoms with Crippen LogP contribution in [-0.2, 0) is 7.05 Å². The predicted molar refractivity (Wildman–Crippen MR) is 44.1 cm³/mol. The summed E-state index contributed by atoms with van der Waals surface area (Å²) in [6, 6.07) is 0. The molecule has 0 spiro atoms. The van der Waals surface area contributed by atoms with Crippen LogP contribution in [0.1, 0.15) is 5.56 Å². The van der Waals surface area contributed by atoms with E-state index >= 15 is 0 Å². The van der Waals surface area contributed by atoms with Crippen molar-refractivity contribution in [3.63, 3.8) is 0 Å². The second kappa shape index (κ2) is 2.87. The number of aryl methyl sites for hydroxylation is 1. The lowest BCUT2D eigenvalue weighted by atomic mass is 10.4. The van der Waals surface area contributed by atoms with Crippen LogP contribution >= 0.6 is 22.6 Å². The van der Waals surface area contributed by atoms with Gasteiger partial charge in [0.25, 0.3) is 0 Å². The van der Waals surface area contributed by atoms with Gasteiger partial charge < -0.3 is 0 Å². The number of nitrogens with zero attached hydrogens (tertiary/aromatic N) is 2. The van der Waals surface area contributed by atoms with E-state index in [1.165, 1.54) is 0 Å². The molecule has 9 heavy (non-hydrogen) atoms. The summed E-state index contributed by atoms with van der Waals surface area (Å²) >= 11 is 2.00. The third-order valence-electron chi connectivity index (χ3n) is 0.896. The van der Waals surface area contributed by atoms with Crippen molar-refractivity contribution < 1.29 is 0 Å². The predicted octanol–water partition coefficient (Wildman–Crippen LogP) is 1.16. The number of rotatable bonds is 0. The molecule has 0 aliphatic carbocycles. The third-order valence-corrected chi connectivity index (χ3v) is 1.17. The molecule has 0 fully saturated rings. The topological polar surface area (TPSA) is 17.8 Å². The summed E-state index contributed by atoms with van der Waals surface area (Å²) in [5, 5.41) is 3.95. The van der Waals surface area contributed by atoms with Gasteiger partial charge in [-0.3, -0.25) is 4.68 Å². The van der Waals surface area contributed by atoms with Crippen LogP contribution in [0.4, 0.5) is 0 Å². The molecule has 2 nitrogen and oxygen atoms in total. The van der Waals surface area contributed by atoms with Gasteiger partial charge in [-0.15, -0.1) is 0 Å². The summed E-state index contributed by atoms with van der Waals surface area (Å²) < 4.78 is 4.50. The Morgan fingerprint density at radius 3 is 3.00 bits per heavy atom. The van der Waals surface area contributed by atoms with Crippen molar-refractivity contribution in [3.05, 3.63) is 18.0 Å². The third kappa shape index (κ3) is 1.72. The van der Waals surface area contributed by atoms with E-state index in [-0.39, 0.29) is 0 Å². The first-order chi connectivity index (χ1) is 4.33. The van der Waals surface area contributed by atoms with E-state index in [1.807, 2.05) is 35.8 Å². The fourth-order valence-corrected chi connectivity index (χ4v) is 0.852. The summed E-state index contributed by atoms with van der Waals surface area (Å²) in [5.41, 5.74) is 0.965. The molecule has 0 aliphatic heterocycles. The van der Waals surface area contributed by atoms with Crippen molar-refractivity contribution in [3.8, 4) is 9.85 Å². The number of halogens is 1. The second-order valence-electron chi connectivity index (χ2n) is 1.62. The maximum absolute atomic E-state index is 3.95. The maximum atomic E-state index is 3.95. The molecule has 1 aromatic rings. The van der Waals surface area contributed by atoms with E-state index in [1.54, 1.807) is 10.9 Å². The average molecular weight is 232 g/mol. The van der Waals surface area contributed by atoms with Crippen LogP contribution in [0.2, 0.25) is 0 Å². The molecule has 1 aromatic heterocycles. The lowest BCUT2D eigenvalue weighted by Crippen LogP contribution is -1.83. The highest BCUT2D eigenvalue weighted by Crippen LogP contribution is 1.92. The number of hydrogen-bond donors (Lipinski definition) is 0. The molecule has 0 aromatic carbocycles. The molecular weight excluding hydrogens is 227 g/mol. The Bertz CT molecular complexity index is 254. The van der Waals surface area contributed by atoms with E-state index in [0.717, 1.165) is 5.56 Å². The molecule has 0 aliphatic rings. The quantitative estimate of drug-likeness (QED) is 0.484. The van der Waals surface area contributed by atoms with Crippen LogP contribution in [0.3, 0.4) is 0 Å². The van der Waals surface area contributed by atoms with Gasteiger partial charge in [-0.05, 0) is 3.93 Å². The molecule has 3 heteroatoms. The Balaban J connectivity index is 2.93. The molecule has 0 bridgehead atoms. The number of hydrogen-bond acceptors (Lipinski definition) is 1. The van der Waals surface area contributed by atoms with Crippen molar-refractivity contribution in [2.45, 2.75) is 0 Å². The normalized spacial score (nSPS) is 8.22. The minimum atomic E-state index is 0.965. The van der Waals surface area contributed by atoms with Gasteiger partial charge >= 0.3 is 0 Å². The van der Waals surface area contributed by atoms with Crippen LogP contribution in [-0.4, -0.2) is 9.78 Å². The van der Waals surface area contributed by atoms with Gasteiger partial charge in [0, 0.05) is 35.8 Å². The van der Waals surface area contributed by atoms with Crippen LogP contribution in [0, 0.1) is 9.85 Å². The average Bonchev–Trinajstić information content (AvgIpc) is 2.17. The summed E-state index contributed by atoms with van der Waals surface area (Å²) in [7, 11) is 1.87. The Labute approximate surface area is 67.4 Å². The molecule has 0 N–H and O–H groups in total. The minimum Gasteiger partial charge on any atom is -0.275 e. The Morgan fingerprint density at radius 1 is 1.78 bits per heavy atom. The Kier molecular flexibility index (Phi) is 2.11. The van der Waals surface area contributed by atoms with Gasteiger partial charge in [0.1, 0.15) is 0 Å². The lowest BCUT2D eigenvalue weighted by molar-refractivity contribution is 0.767. The first-order valence-electron chi connectivity index (χ1n) is 2.43. The molecule has 0 atom stereocenters. The van der Waals surface area contributed by atoms with E-state index in [4.69, 9.17) is 0 Å². The highest BCUT2D eigenvalue weighted by Gasteiger charge is 1.86. The Morgan fingerprint density at radius 2 is 2.56 bits per heavy atom.